The molecule has 0 spiro atoms. The molecule has 0 saturated heterocycles. The molecule has 0 unspecified atom stereocenters. The summed E-state index contributed by atoms with van der Waals surface area (Å²) in [6, 6.07) is 13.3. The van der Waals surface area contributed by atoms with Crippen molar-refractivity contribution in [2.45, 2.75) is 51.0 Å². The van der Waals surface area contributed by atoms with Gasteiger partial charge in [-0.2, -0.15) is 0 Å². The van der Waals surface area contributed by atoms with Crippen LogP contribution in [-0.2, 0) is 10.0 Å². The van der Waals surface area contributed by atoms with E-state index < -0.39 is 10.0 Å². The van der Waals surface area contributed by atoms with E-state index in [4.69, 9.17) is 4.74 Å². The Morgan fingerprint density at radius 1 is 1.06 bits per heavy atom. The first-order valence-corrected chi connectivity index (χ1v) is 12.3. The lowest BCUT2D eigenvalue weighted by Gasteiger charge is -2.18. The minimum atomic E-state index is -4.00. The SMILES string of the molecule is CCCOc1ccc(NS(=O)(=O)c2cccc3cccnc23)c(C(=O)NC(CC)CC)c1. The molecular weight excluding hydrogens is 426 g/mol. The highest BCUT2D eigenvalue weighted by atomic mass is 32.2. The number of para-hydroxylation sites is 1. The molecule has 170 valence electrons. The van der Waals surface area contributed by atoms with Crippen LogP contribution in [0.3, 0.4) is 0 Å². The quantitative estimate of drug-likeness (QED) is 0.460. The number of nitrogens with zero attached hydrogens (tertiary/aromatic N) is 1. The van der Waals surface area contributed by atoms with Gasteiger partial charge in [0.1, 0.15) is 10.6 Å². The smallest absolute Gasteiger partial charge is 0.264 e. The largest absolute Gasteiger partial charge is 0.494 e. The summed E-state index contributed by atoms with van der Waals surface area (Å²) >= 11 is 0. The zero-order chi connectivity index (χ0) is 23.1. The lowest BCUT2D eigenvalue weighted by molar-refractivity contribution is 0.0935. The van der Waals surface area contributed by atoms with E-state index in [1.807, 2.05) is 20.8 Å². The Morgan fingerprint density at radius 3 is 2.53 bits per heavy atom. The predicted octanol–water partition coefficient (Wildman–Crippen LogP) is 4.74. The molecule has 0 aliphatic rings. The number of hydrogen-bond donors (Lipinski definition) is 2. The van der Waals surface area contributed by atoms with Crippen LogP contribution in [0.5, 0.6) is 5.75 Å². The molecule has 1 heterocycles. The van der Waals surface area contributed by atoms with Gasteiger partial charge in [0.25, 0.3) is 15.9 Å². The highest BCUT2D eigenvalue weighted by Gasteiger charge is 2.23. The fourth-order valence-corrected chi connectivity index (χ4v) is 4.62. The molecule has 2 aromatic carbocycles. The van der Waals surface area contributed by atoms with E-state index >= 15 is 0 Å². The first kappa shape index (κ1) is 23.5. The van der Waals surface area contributed by atoms with Crippen molar-refractivity contribution < 1.29 is 17.9 Å². The molecule has 0 radical (unpaired) electrons. The van der Waals surface area contributed by atoms with Crippen LogP contribution in [0.1, 0.15) is 50.4 Å². The number of sulfonamides is 1. The average Bonchev–Trinajstić information content (AvgIpc) is 2.81. The Labute approximate surface area is 189 Å². The number of benzene rings is 2. The van der Waals surface area contributed by atoms with E-state index in [0.29, 0.717) is 23.3 Å². The van der Waals surface area contributed by atoms with Crippen LogP contribution in [0.25, 0.3) is 10.9 Å². The molecular formula is C24H29N3O4S. The van der Waals surface area contributed by atoms with Gasteiger partial charge < -0.3 is 10.1 Å². The topological polar surface area (TPSA) is 97.4 Å². The number of pyridine rings is 1. The molecule has 0 bridgehead atoms. The molecule has 0 fully saturated rings. The highest BCUT2D eigenvalue weighted by molar-refractivity contribution is 7.93. The number of carbonyl (C=O) groups is 1. The van der Waals surface area contributed by atoms with Gasteiger partial charge in [-0.05, 0) is 49.6 Å². The monoisotopic (exact) mass is 455 g/mol. The number of amides is 1. The fraction of sp³-hybridized carbons (Fsp3) is 0.333. The van der Waals surface area contributed by atoms with Crippen LogP contribution in [-0.4, -0.2) is 32.0 Å². The Bertz CT molecular complexity index is 1190. The van der Waals surface area contributed by atoms with Gasteiger partial charge in [-0.3, -0.25) is 14.5 Å². The van der Waals surface area contributed by atoms with E-state index in [1.165, 1.54) is 6.07 Å². The summed E-state index contributed by atoms with van der Waals surface area (Å²) in [5, 5.41) is 3.68. The van der Waals surface area contributed by atoms with E-state index in [9.17, 15) is 13.2 Å². The number of fused-ring (bicyclic) bond motifs is 1. The molecule has 8 heteroatoms. The molecule has 0 aliphatic carbocycles. The van der Waals surface area contributed by atoms with Crippen LogP contribution >= 0.6 is 0 Å². The fourth-order valence-electron chi connectivity index (χ4n) is 3.36. The summed E-state index contributed by atoms with van der Waals surface area (Å²) in [5.74, 6) is 0.158. The second-order valence-electron chi connectivity index (χ2n) is 7.48. The van der Waals surface area contributed by atoms with Crippen molar-refractivity contribution in [1.82, 2.24) is 10.3 Å². The van der Waals surface area contributed by atoms with Crippen molar-refractivity contribution >= 4 is 32.5 Å². The van der Waals surface area contributed by atoms with Crippen molar-refractivity contribution in [3.8, 4) is 5.75 Å². The molecule has 0 saturated carbocycles. The molecule has 1 aromatic heterocycles. The summed E-state index contributed by atoms with van der Waals surface area (Å²) in [7, 11) is -4.00. The molecule has 7 nitrogen and oxygen atoms in total. The van der Waals surface area contributed by atoms with Crippen molar-refractivity contribution in [2.24, 2.45) is 0 Å². The maximum absolute atomic E-state index is 13.3. The number of carbonyl (C=O) groups excluding carboxylic acids is 1. The molecule has 0 atom stereocenters. The summed E-state index contributed by atoms with van der Waals surface area (Å²) in [4.78, 5) is 17.3. The maximum atomic E-state index is 13.3. The lowest BCUT2D eigenvalue weighted by Crippen LogP contribution is -2.34. The maximum Gasteiger partial charge on any atom is 0.264 e. The van der Waals surface area contributed by atoms with Gasteiger partial charge in [-0.1, -0.05) is 39.0 Å². The third-order valence-electron chi connectivity index (χ3n) is 5.16. The number of nitrogens with one attached hydrogen (secondary N) is 2. The van der Waals surface area contributed by atoms with Crippen molar-refractivity contribution in [3.05, 3.63) is 60.3 Å². The van der Waals surface area contributed by atoms with Crippen LogP contribution in [0.4, 0.5) is 5.69 Å². The van der Waals surface area contributed by atoms with Crippen LogP contribution in [0.2, 0.25) is 0 Å². The number of aromatic nitrogens is 1. The number of ether oxygens (including phenoxy) is 1. The average molecular weight is 456 g/mol. The van der Waals surface area contributed by atoms with Crippen LogP contribution in [0.15, 0.2) is 59.6 Å². The predicted molar refractivity (Wildman–Crippen MR) is 127 cm³/mol. The van der Waals surface area contributed by atoms with Crippen molar-refractivity contribution in [3.63, 3.8) is 0 Å². The second kappa shape index (κ2) is 10.5. The Balaban J connectivity index is 2.01. The van der Waals surface area contributed by atoms with E-state index in [1.54, 1.807) is 48.7 Å². The number of hydrogen-bond acceptors (Lipinski definition) is 5. The van der Waals surface area contributed by atoms with Gasteiger partial charge in [0.05, 0.1) is 23.4 Å². The van der Waals surface area contributed by atoms with Crippen LogP contribution in [0, 0.1) is 0 Å². The molecule has 2 N–H and O–H groups in total. The van der Waals surface area contributed by atoms with Gasteiger partial charge >= 0.3 is 0 Å². The molecule has 1 amide bonds. The number of anilines is 1. The Kier molecular flexibility index (Phi) is 7.69. The van der Waals surface area contributed by atoms with Crippen LogP contribution < -0.4 is 14.8 Å². The Hall–Kier alpha value is -3.13. The van der Waals surface area contributed by atoms with Gasteiger partial charge in [0.15, 0.2) is 0 Å². The van der Waals surface area contributed by atoms with Gasteiger partial charge in [-0.15, -0.1) is 0 Å². The third kappa shape index (κ3) is 5.37. The minimum absolute atomic E-state index is 0.00515. The standard InChI is InChI=1S/C24H29N3O4S/c1-4-15-31-19-12-13-21(20(16-19)24(28)26-18(5-2)6-3)27-32(29,30)22-11-7-9-17-10-8-14-25-23(17)22/h7-14,16,18,27H,4-6,15H2,1-3H3,(H,26,28). The minimum Gasteiger partial charge on any atom is -0.494 e. The number of rotatable bonds is 10. The Morgan fingerprint density at radius 2 is 1.81 bits per heavy atom. The summed E-state index contributed by atoms with van der Waals surface area (Å²) in [6.07, 6.45) is 3.92. The second-order valence-corrected chi connectivity index (χ2v) is 9.13. The molecule has 3 rings (SSSR count). The first-order chi connectivity index (χ1) is 15.4. The molecule has 3 aromatic rings. The van der Waals surface area contributed by atoms with Gasteiger partial charge in [-0.25, -0.2) is 8.42 Å². The van der Waals surface area contributed by atoms with E-state index in [-0.39, 0.29) is 28.1 Å². The van der Waals surface area contributed by atoms with Crippen molar-refractivity contribution in [1.29, 1.82) is 0 Å². The first-order valence-electron chi connectivity index (χ1n) is 10.8. The zero-order valence-corrected chi connectivity index (χ0v) is 19.4. The lowest BCUT2D eigenvalue weighted by atomic mass is 10.1. The van der Waals surface area contributed by atoms with Gasteiger partial charge in [0.2, 0.25) is 0 Å². The van der Waals surface area contributed by atoms with Crippen molar-refractivity contribution in [2.75, 3.05) is 11.3 Å². The summed E-state index contributed by atoms with van der Waals surface area (Å²) in [5.41, 5.74) is 0.765. The highest BCUT2D eigenvalue weighted by Crippen LogP contribution is 2.28. The summed E-state index contributed by atoms with van der Waals surface area (Å²) in [6.45, 7) is 6.47. The van der Waals surface area contributed by atoms with E-state index in [2.05, 4.69) is 15.0 Å². The summed E-state index contributed by atoms with van der Waals surface area (Å²) < 4.78 is 34.8. The third-order valence-corrected chi connectivity index (χ3v) is 6.56. The normalized spacial score (nSPS) is 11.5. The van der Waals surface area contributed by atoms with E-state index in [0.717, 1.165) is 19.3 Å². The van der Waals surface area contributed by atoms with Gasteiger partial charge in [0, 0.05) is 17.6 Å². The molecule has 0 aliphatic heterocycles. The molecule has 32 heavy (non-hydrogen) atoms. The zero-order valence-electron chi connectivity index (χ0n) is 18.6.